The van der Waals surface area contributed by atoms with E-state index < -0.39 is 0 Å². The third kappa shape index (κ3) is 3.80. The van der Waals surface area contributed by atoms with E-state index in [0.717, 1.165) is 0 Å². The molecule has 1 heterocycles. The summed E-state index contributed by atoms with van der Waals surface area (Å²) in [5.74, 6) is -0.940. The zero-order valence-corrected chi connectivity index (χ0v) is 14.0. The standard InChI is InChI=1S/C17H12F2N2OS2/c18-12-4-6-14(7-5-12)20-10-21-16(22)15(24-17(21)23)9-11-2-1-3-13(19)8-11/h1-9,20H,10H2. The van der Waals surface area contributed by atoms with E-state index in [2.05, 4.69) is 5.32 Å². The molecule has 0 aromatic heterocycles. The van der Waals surface area contributed by atoms with Crippen molar-refractivity contribution in [3.63, 3.8) is 0 Å². The molecule has 0 aliphatic carbocycles. The van der Waals surface area contributed by atoms with E-state index in [9.17, 15) is 13.6 Å². The van der Waals surface area contributed by atoms with Crippen LogP contribution in [0, 0.1) is 11.6 Å². The number of carbonyl (C=O) groups excluding carboxylic acids is 1. The van der Waals surface area contributed by atoms with Gasteiger partial charge in [-0.05, 0) is 48.0 Å². The van der Waals surface area contributed by atoms with Gasteiger partial charge < -0.3 is 5.32 Å². The average molecular weight is 362 g/mol. The van der Waals surface area contributed by atoms with Crippen LogP contribution in [0.15, 0.2) is 53.4 Å². The minimum absolute atomic E-state index is 0.177. The Kier molecular flexibility index (Phi) is 4.92. The van der Waals surface area contributed by atoms with Crippen molar-refractivity contribution in [3.05, 3.63) is 70.6 Å². The van der Waals surface area contributed by atoms with Gasteiger partial charge in [0.05, 0.1) is 11.6 Å². The SMILES string of the molecule is O=C1C(=Cc2cccc(F)c2)SC(=S)N1CNc1ccc(F)cc1. The van der Waals surface area contributed by atoms with Crippen molar-refractivity contribution in [2.45, 2.75) is 0 Å². The van der Waals surface area contributed by atoms with Gasteiger partial charge in [-0.15, -0.1) is 0 Å². The highest BCUT2D eigenvalue weighted by molar-refractivity contribution is 8.26. The Morgan fingerprint density at radius 1 is 1.12 bits per heavy atom. The van der Waals surface area contributed by atoms with Crippen molar-refractivity contribution in [1.29, 1.82) is 0 Å². The molecule has 1 aliphatic rings. The van der Waals surface area contributed by atoms with Crippen LogP contribution in [-0.4, -0.2) is 21.8 Å². The van der Waals surface area contributed by atoms with Gasteiger partial charge in [0.15, 0.2) is 0 Å². The maximum absolute atomic E-state index is 13.2. The molecule has 0 unspecified atom stereocenters. The lowest BCUT2D eigenvalue weighted by Crippen LogP contribution is -2.33. The van der Waals surface area contributed by atoms with Crippen LogP contribution in [0.3, 0.4) is 0 Å². The molecule has 0 saturated carbocycles. The van der Waals surface area contributed by atoms with Gasteiger partial charge in [0, 0.05) is 5.69 Å². The number of halogens is 2. The third-order valence-electron chi connectivity index (χ3n) is 3.31. The van der Waals surface area contributed by atoms with Gasteiger partial charge in [-0.2, -0.15) is 0 Å². The number of rotatable bonds is 4. The second-order valence-corrected chi connectivity index (χ2v) is 6.68. The molecular formula is C17H12F2N2OS2. The summed E-state index contributed by atoms with van der Waals surface area (Å²) >= 11 is 6.39. The molecule has 1 saturated heterocycles. The van der Waals surface area contributed by atoms with Crippen LogP contribution in [-0.2, 0) is 4.79 Å². The molecule has 2 aromatic rings. The zero-order chi connectivity index (χ0) is 17.1. The molecule has 24 heavy (non-hydrogen) atoms. The normalized spacial score (nSPS) is 16.1. The Morgan fingerprint density at radius 2 is 1.88 bits per heavy atom. The second kappa shape index (κ2) is 7.11. The summed E-state index contributed by atoms with van der Waals surface area (Å²) in [4.78, 5) is 14.3. The van der Waals surface area contributed by atoms with E-state index in [1.807, 2.05) is 0 Å². The number of carbonyl (C=O) groups is 1. The number of thiocarbonyl (C=S) groups is 1. The number of nitrogens with one attached hydrogen (secondary N) is 1. The number of anilines is 1. The van der Waals surface area contributed by atoms with E-state index in [1.54, 1.807) is 30.3 Å². The van der Waals surface area contributed by atoms with Gasteiger partial charge in [-0.1, -0.05) is 36.1 Å². The minimum atomic E-state index is -0.364. The van der Waals surface area contributed by atoms with Crippen LogP contribution in [0.2, 0.25) is 0 Å². The van der Waals surface area contributed by atoms with Crippen LogP contribution in [0.1, 0.15) is 5.56 Å². The lowest BCUT2D eigenvalue weighted by atomic mass is 10.2. The van der Waals surface area contributed by atoms with Crippen LogP contribution in [0.4, 0.5) is 14.5 Å². The number of benzene rings is 2. The van der Waals surface area contributed by atoms with Crippen molar-refractivity contribution >= 4 is 46.0 Å². The van der Waals surface area contributed by atoms with Crippen molar-refractivity contribution in [1.82, 2.24) is 4.90 Å². The van der Waals surface area contributed by atoms with Crippen molar-refractivity contribution in [2.75, 3.05) is 12.0 Å². The Hall–Kier alpha value is -2.25. The van der Waals surface area contributed by atoms with Crippen molar-refractivity contribution in [3.8, 4) is 0 Å². The largest absolute Gasteiger partial charge is 0.367 e. The quantitative estimate of drug-likeness (QED) is 0.651. The first-order valence-electron chi connectivity index (χ1n) is 7.03. The first kappa shape index (κ1) is 16.6. The average Bonchev–Trinajstić information content (AvgIpc) is 2.81. The summed E-state index contributed by atoms with van der Waals surface area (Å²) < 4.78 is 26.5. The fourth-order valence-corrected chi connectivity index (χ4v) is 3.38. The monoisotopic (exact) mass is 362 g/mol. The van der Waals surface area contributed by atoms with E-state index in [0.29, 0.717) is 20.5 Å². The van der Waals surface area contributed by atoms with Crippen LogP contribution >= 0.6 is 24.0 Å². The summed E-state index contributed by atoms with van der Waals surface area (Å²) in [5.41, 5.74) is 1.28. The molecule has 1 amide bonds. The second-order valence-electron chi connectivity index (χ2n) is 5.01. The minimum Gasteiger partial charge on any atom is -0.367 e. The van der Waals surface area contributed by atoms with Gasteiger partial charge >= 0.3 is 0 Å². The lowest BCUT2D eigenvalue weighted by molar-refractivity contribution is -0.121. The Morgan fingerprint density at radius 3 is 2.58 bits per heavy atom. The van der Waals surface area contributed by atoms with Crippen LogP contribution in [0.25, 0.3) is 6.08 Å². The van der Waals surface area contributed by atoms with Crippen LogP contribution in [0.5, 0.6) is 0 Å². The summed E-state index contributed by atoms with van der Waals surface area (Å²) in [6.07, 6.45) is 1.61. The van der Waals surface area contributed by atoms with Crippen molar-refractivity contribution < 1.29 is 13.6 Å². The van der Waals surface area contributed by atoms with E-state index in [1.165, 1.54) is 40.9 Å². The van der Waals surface area contributed by atoms with Gasteiger partial charge in [0.25, 0.3) is 5.91 Å². The molecule has 1 aliphatic heterocycles. The Labute approximate surface area is 147 Å². The summed E-state index contributed by atoms with van der Waals surface area (Å²) in [6, 6.07) is 11.8. The van der Waals surface area contributed by atoms with Crippen LogP contribution < -0.4 is 5.32 Å². The number of amides is 1. The number of hydrogen-bond donors (Lipinski definition) is 1. The van der Waals surface area contributed by atoms with Gasteiger partial charge in [-0.3, -0.25) is 9.69 Å². The Bertz CT molecular complexity index is 822. The zero-order valence-electron chi connectivity index (χ0n) is 12.3. The topological polar surface area (TPSA) is 32.3 Å². The van der Waals surface area contributed by atoms with Gasteiger partial charge in [-0.25, -0.2) is 8.78 Å². The summed E-state index contributed by atoms with van der Waals surface area (Å²) in [6.45, 7) is 0.177. The fourth-order valence-electron chi connectivity index (χ4n) is 2.12. The number of hydrogen-bond acceptors (Lipinski definition) is 4. The smallest absolute Gasteiger partial charge is 0.267 e. The maximum atomic E-state index is 13.2. The predicted octanol–water partition coefficient (Wildman–Crippen LogP) is 4.24. The molecule has 2 aromatic carbocycles. The van der Waals surface area contributed by atoms with E-state index in [-0.39, 0.29) is 24.2 Å². The molecule has 1 fully saturated rings. The Balaban J connectivity index is 1.71. The molecule has 3 nitrogen and oxygen atoms in total. The highest BCUT2D eigenvalue weighted by Gasteiger charge is 2.31. The van der Waals surface area contributed by atoms with E-state index >= 15 is 0 Å². The summed E-state index contributed by atoms with van der Waals surface area (Å²) in [5, 5.41) is 3.02. The highest BCUT2D eigenvalue weighted by atomic mass is 32.2. The predicted molar refractivity (Wildman–Crippen MR) is 96.3 cm³/mol. The van der Waals surface area contributed by atoms with E-state index in [4.69, 9.17) is 12.2 Å². The molecule has 0 atom stereocenters. The molecule has 0 spiro atoms. The molecule has 7 heteroatoms. The first-order valence-corrected chi connectivity index (χ1v) is 8.26. The summed E-state index contributed by atoms with van der Waals surface area (Å²) in [7, 11) is 0. The fraction of sp³-hybridized carbons (Fsp3) is 0.0588. The highest BCUT2D eigenvalue weighted by Crippen LogP contribution is 2.32. The third-order valence-corrected chi connectivity index (χ3v) is 4.68. The number of nitrogens with zero attached hydrogens (tertiary/aromatic N) is 1. The number of thioether (sulfide) groups is 1. The molecule has 0 bridgehead atoms. The van der Waals surface area contributed by atoms with Gasteiger partial charge in [0.2, 0.25) is 0 Å². The lowest BCUT2D eigenvalue weighted by Gasteiger charge is -2.16. The molecule has 1 N–H and O–H groups in total. The van der Waals surface area contributed by atoms with Gasteiger partial charge in [0.1, 0.15) is 16.0 Å². The molecular weight excluding hydrogens is 350 g/mol. The maximum Gasteiger partial charge on any atom is 0.267 e. The van der Waals surface area contributed by atoms with Crippen molar-refractivity contribution in [2.24, 2.45) is 0 Å². The molecule has 122 valence electrons. The molecule has 3 rings (SSSR count). The first-order chi connectivity index (χ1) is 11.5. The molecule has 0 radical (unpaired) electrons.